The van der Waals surface area contributed by atoms with Gasteiger partial charge in [0, 0.05) is 11.8 Å². The molecule has 5 rings (SSSR count). The Morgan fingerprint density at radius 2 is 1.70 bits per heavy atom. The molecule has 2 heterocycles. The van der Waals surface area contributed by atoms with Crippen molar-refractivity contribution in [2.75, 3.05) is 18.5 Å². The highest BCUT2D eigenvalue weighted by Crippen LogP contribution is 2.42. The second-order valence-electron chi connectivity index (χ2n) is 7.02. The van der Waals surface area contributed by atoms with Gasteiger partial charge in [0.1, 0.15) is 13.2 Å². The van der Waals surface area contributed by atoms with Crippen LogP contribution in [0.5, 0.6) is 11.5 Å². The average molecular weight is 363 g/mol. The Labute approximate surface area is 157 Å². The molecule has 7 heteroatoms. The Kier molecular flexibility index (Phi) is 3.92. The van der Waals surface area contributed by atoms with Crippen LogP contribution in [0.4, 0.5) is 5.69 Å². The van der Waals surface area contributed by atoms with E-state index in [1.807, 2.05) is 53.2 Å². The summed E-state index contributed by atoms with van der Waals surface area (Å²) in [5, 5.41) is 16.4. The predicted molar refractivity (Wildman–Crippen MR) is 100 cm³/mol. The lowest BCUT2D eigenvalue weighted by atomic mass is 9.95. The summed E-state index contributed by atoms with van der Waals surface area (Å²) in [6, 6.07) is 16.0. The van der Waals surface area contributed by atoms with Crippen molar-refractivity contribution in [3.05, 3.63) is 54.4 Å². The minimum absolute atomic E-state index is 0.302. The molecule has 2 aliphatic rings. The van der Waals surface area contributed by atoms with Gasteiger partial charge < -0.3 is 14.8 Å². The lowest BCUT2D eigenvalue weighted by Crippen LogP contribution is -2.35. The summed E-state index contributed by atoms with van der Waals surface area (Å²) in [6.07, 6.45) is 4.24. The molecule has 2 aromatic carbocycles. The molecule has 0 saturated heterocycles. The molecule has 0 bridgehead atoms. The smallest absolute Gasteiger partial charge is 0.181 e. The van der Waals surface area contributed by atoms with Crippen molar-refractivity contribution >= 4 is 5.69 Å². The molecular weight excluding hydrogens is 342 g/mol. The minimum atomic E-state index is -0.302. The third kappa shape index (κ3) is 2.89. The minimum Gasteiger partial charge on any atom is -0.486 e. The number of rotatable bonds is 4. The van der Waals surface area contributed by atoms with Gasteiger partial charge in [0.15, 0.2) is 17.3 Å². The highest BCUT2D eigenvalue weighted by molar-refractivity contribution is 5.57. The van der Waals surface area contributed by atoms with E-state index >= 15 is 0 Å². The number of hydrogen-bond donors (Lipinski definition) is 1. The third-order valence-electron chi connectivity index (χ3n) is 5.28. The van der Waals surface area contributed by atoms with Crippen molar-refractivity contribution in [1.82, 2.24) is 20.2 Å². The number of tetrazole rings is 1. The van der Waals surface area contributed by atoms with Gasteiger partial charge >= 0.3 is 0 Å². The van der Waals surface area contributed by atoms with Crippen LogP contribution >= 0.6 is 0 Å². The Morgan fingerprint density at radius 3 is 2.52 bits per heavy atom. The Morgan fingerprint density at radius 1 is 0.926 bits per heavy atom. The van der Waals surface area contributed by atoms with E-state index in [9.17, 15) is 0 Å². The van der Waals surface area contributed by atoms with E-state index in [2.05, 4.69) is 20.8 Å². The molecule has 1 fully saturated rings. The lowest BCUT2D eigenvalue weighted by molar-refractivity contribution is 0.171. The number of para-hydroxylation sites is 1. The zero-order chi connectivity index (χ0) is 18.1. The molecule has 7 nitrogen and oxygen atoms in total. The highest BCUT2D eigenvalue weighted by Gasteiger charge is 2.41. The van der Waals surface area contributed by atoms with Gasteiger partial charge in [0.05, 0.1) is 11.2 Å². The molecule has 0 radical (unpaired) electrons. The normalized spacial score (nSPS) is 17.6. The van der Waals surface area contributed by atoms with Crippen molar-refractivity contribution in [3.8, 4) is 17.2 Å². The van der Waals surface area contributed by atoms with Gasteiger partial charge in [-0.3, -0.25) is 0 Å². The molecule has 3 aromatic rings. The fourth-order valence-corrected chi connectivity index (χ4v) is 4.01. The van der Waals surface area contributed by atoms with Gasteiger partial charge in [0.25, 0.3) is 0 Å². The van der Waals surface area contributed by atoms with Crippen LogP contribution in [0.2, 0.25) is 0 Å². The quantitative estimate of drug-likeness (QED) is 0.767. The van der Waals surface area contributed by atoms with Crippen molar-refractivity contribution < 1.29 is 9.47 Å². The second kappa shape index (κ2) is 6.57. The number of hydrogen-bond acceptors (Lipinski definition) is 6. The van der Waals surface area contributed by atoms with Gasteiger partial charge in [-0.05, 0) is 47.5 Å². The molecule has 1 aliphatic carbocycles. The van der Waals surface area contributed by atoms with E-state index in [-0.39, 0.29) is 5.54 Å². The molecule has 0 atom stereocenters. The first-order chi connectivity index (χ1) is 13.3. The van der Waals surface area contributed by atoms with Crippen LogP contribution in [-0.4, -0.2) is 33.4 Å². The SMILES string of the molecule is c1ccc(-n2nnnc2C2(Nc3ccc4c(c3)OCCO4)CCCC2)cc1. The van der Waals surface area contributed by atoms with Gasteiger partial charge in [-0.25, -0.2) is 0 Å². The molecule has 1 saturated carbocycles. The Bertz CT molecular complexity index is 935. The van der Waals surface area contributed by atoms with Crippen molar-refractivity contribution in [2.24, 2.45) is 0 Å². The number of aromatic nitrogens is 4. The van der Waals surface area contributed by atoms with Gasteiger partial charge in [-0.1, -0.05) is 31.0 Å². The first-order valence-corrected chi connectivity index (χ1v) is 9.36. The Hall–Kier alpha value is -3.09. The molecule has 1 N–H and O–H groups in total. The molecule has 27 heavy (non-hydrogen) atoms. The van der Waals surface area contributed by atoms with E-state index in [0.717, 1.165) is 54.4 Å². The van der Waals surface area contributed by atoms with E-state index in [1.165, 1.54) is 0 Å². The number of benzene rings is 2. The molecule has 1 aromatic heterocycles. The number of nitrogens with zero attached hydrogens (tertiary/aromatic N) is 4. The summed E-state index contributed by atoms with van der Waals surface area (Å²) in [6.45, 7) is 1.17. The topological polar surface area (TPSA) is 74.1 Å². The predicted octanol–water partition coefficient (Wildman–Crippen LogP) is 3.31. The first kappa shape index (κ1) is 16.1. The summed E-state index contributed by atoms with van der Waals surface area (Å²) in [4.78, 5) is 0. The number of nitrogens with one attached hydrogen (secondary N) is 1. The van der Waals surface area contributed by atoms with Crippen molar-refractivity contribution in [3.63, 3.8) is 0 Å². The van der Waals surface area contributed by atoms with E-state index in [1.54, 1.807) is 0 Å². The third-order valence-corrected chi connectivity index (χ3v) is 5.28. The van der Waals surface area contributed by atoms with Gasteiger partial charge in [-0.2, -0.15) is 4.68 Å². The van der Waals surface area contributed by atoms with Crippen LogP contribution in [0.1, 0.15) is 31.5 Å². The zero-order valence-electron chi connectivity index (χ0n) is 15.0. The first-order valence-electron chi connectivity index (χ1n) is 9.36. The van der Waals surface area contributed by atoms with Crippen LogP contribution < -0.4 is 14.8 Å². The molecule has 0 unspecified atom stereocenters. The van der Waals surface area contributed by atoms with Gasteiger partial charge in [0.2, 0.25) is 0 Å². The van der Waals surface area contributed by atoms with E-state index < -0.39 is 0 Å². The van der Waals surface area contributed by atoms with E-state index in [4.69, 9.17) is 9.47 Å². The lowest BCUT2D eigenvalue weighted by Gasteiger charge is -2.31. The number of ether oxygens (including phenoxy) is 2. The fraction of sp³-hybridized carbons (Fsp3) is 0.350. The molecule has 1 aliphatic heterocycles. The summed E-state index contributed by atoms with van der Waals surface area (Å²) in [5.74, 6) is 2.42. The number of fused-ring (bicyclic) bond motifs is 1. The average Bonchev–Trinajstić information content (AvgIpc) is 3.39. The summed E-state index contributed by atoms with van der Waals surface area (Å²) < 4.78 is 13.2. The summed E-state index contributed by atoms with van der Waals surface area (Å²) >= 11 is 0. The zero-order valence-corrected chi connectivity index (χ0v) is 15.0. The molecular formula is C20H21N5O2. The van der Waals surface area contributed by atoms with Gasteiger partial charge in [-0.15, -0.1) is 5.10 Å². The molecule has 0 spiro atoms. The van der Waals surface area contributed by atoms with Crippen LogP contribution in [0, 0.1) is 0 Å². The van der Waals surface area contributed by atoms with Crippen molar-refractivity contribution in [1.29, 1.82) is 0 Å². The highest BCUT2D eigenvalue weighted by atomic mass is 16.6. The standard InChI is InChI=1S/C20H21N5O2/c1-2-6-16(7-3-1)25-19(22-23-24-25)20(10-4-5-11-20)21-15-8-9-17-18(14-15)27-13-12-26-17/h1-3,6-9,14,21H,4-5,10-13H2. The second-order valence-corrected chi connectivity index (χ2v) is 7.02. The number of anilines is 1. The van der Waals surface area contributed by atoms with Crippen LogP contribution in [0.15, 0.2) is 48.5 Å². The fourth-order valence-electron chi connectivity index (χ4n) is 4.01. The van der Waals surface area contributed by atoms with Crippen LogP contribution in [-0.2, 0) is 5.54 Å². The monoisotopic (exact) mass is 363 g/mol. The molecule has 0 amide bonds. The maximum atomic E-state index is 5.73. The summed E-state index contributed by atoms with van der Waals surface area (Å²) in [5.41, 5.74) is 1.65. The van der Waals surface area contributed by atoms with Crippen LogP contribution in [0.25, 0.3) is 5.69 Å². The largest absolute Gasteiger partial charge is 0.486 e. The summed E-state index contributed by atoms with van der Waals surface area (Å²) in [7, 11) is 0. The maximum absolute atomic E-state index is 5.73. The Balaban J connectivity index is 1.52. The van der Waals surface area contributed by atoms with Crippen LogP contribution in [0.3, 0.4) is 0 Å². The van der Waals surface area contributed by atoms with Crippen molar-refractivity contribution in [2.45, 2.75) is 31.2 Å². The van der Waals surface area contributed by atoms with E-state index in [0.29, 0.717) is 13.2 Å². The maximum Gasteiger partial charge on any atom is 0.181 e. The molecule has 138 valence electrons.